The number of para-hydroxylation sites is 1. The Morgan fingerprint density at radius 3 is 2.69 bits per heavy atom. The molecule has 0 atom stereocenters. The van der Waals surface area contributed by atoms with E-state index < -0.39 is 0 Å². The van der Waals surface area contributed by atoms with E-state index in [9.17, 15) is 14.7 Å². The third-order valence-electron chi connectivity index (χ3n) is 4.86. The smallest absolute Gasteiger partial charge is 0.260 e. The van der Waals surface area contributed by atoms with E-state index in [2.05, 4.69) is 5.10 Å². The molecule has 0 bridgehead atoms. The van der Waals surface area contributed by atoms with Crippen LogP contribution >= 0.6 is 11.6 Å². The maximum atomic E-state index is 13.3. The Kier molecular flexibility index (Phi) is 5.33. The van der Waals surface area contributed by atoms with Gasteiger partial charge >= 0.3 is 0 Å². The topological polar surface area (TPSA) is 78.7 Å². The second-order valence-corrected chi connectivity index (χ2v) is 7.08. The molecule has 29 heavy (non-hydrogen) atoms. The van der Waals surface area contributed by atoms with E-state index in [1.807, 2.05) is 24.3 Å². The van der Waals surface area contributed by atoms with Gasteiger partial charge in [0.05, 0.1) is 22.9 Å². The van der Waals surface area contributed by atoms with Crippen LogP contribution in [0.15, 0.2) is 60.9 Å². The quantitative estimate of drug-likeness (QED) is 0.716. The summed E-state index contributed by atoms with van der Waals surface area (Å²) in [5.74, 6) is -0.582. The molecule has 0 aliphatic carbocycles. The minimum Gasteiger partial charge on any atom is -0.395 e. The summed E-state index contributed by atoms with van der Waals surface area (Å²) in [6, 6.07) is 14.3. The van der Waals surface area contributed by atoms with Gasteiger partial charge in [-0.3, -0.25) is 14.5 Å². The highest BCUT2D eigenvalue weighted by Crippen LogP contribution is 2.29. The minimum absolute atomic E-state index is 0.118. The molecule has 0 radical (unpaired) electrons. The van der Waals surface area contributed by atoms with Crippen molar-refractivity contribution in [1.82, 2.24) is 14.7 Å². The molecule has 2 aromatic carbocycles. The molecule has 0 unspecified atom stereocenters. The monoisotopic (exact) mass is 410 g/mol. The van der Waals surface area contributed by atoms with Gasteiger partial charge in [0, 0.05) is 31.2 Å². The molecule has 3 aromatic rings. The molecule has 2 heterocycles. The number of fused-ring (bicyclic) bond motifs is 1. The molecule has 2 amide bonds. The Morgan fingerprint density at radius 2 is 1.97 bits per heavy atom. The Morgan fingerprint density at radius 1 is 1.14 bits per heavy atom. The summed E-state index contributed by atoms with van der Waals surface area (Å²) in [5, 5.41) is 13.7. The van der Waals surface area contributed by atoms with Crippen molar-refractivity contribution < 1.29 is 14.7 Å². The molecule has 0 saturated carbocycles. The molecule has 0 spiro atoms. The summed E-state index contributed by atoms with van der Waals surface area (Å²) in [6.07, 6.45) is 3.44. The molecule has 1 N–H and O–H groups in total. The molecule has 0 saturated heterocycles. The number of aliphatic hydroxyl groups excluding tert-OH is 1. The summed E-state index contributed by atoms with van der Waals surface area (Å²) in [4.78, 5) is 29.0. The predicted molar refractivity (Wildman–Crippen MR) is 109 cm³/mol. The van der Waals surface area contributed by atoms with Gasteiger partial charge < -0.3 is 10.0 Å². The summed E-state index contributed by atoms with van der Waals surface area (Å²) in [5.41, 5.74) is 2.54. The molecule has 0 fully saturated rings. The lowest BCUT2D eigenvalue weighted by Gasteiger charge is -2.23. The molecule has 1 aliphatic rings. The van der Waals surface area contributed by atoms with E-state index in [1.54, 1.807) is 46.2 Å². The van der Waals surface area contributed by atoms with Crippen LogP contribution in [0, 0.1) is 0 Å². The molecule has 8 heteroatoms. The summed E-state index contributed by atoms with van der Waals surface area (Å²) in [6.45, 7) is 0.301. The third kappa shape index (κ3) is 3.74. The SMILES string of the molecule is O=C1CN(C(=O)c2ccc(-n3cccn3)cc2Cl)c2ccccc2CN1CCO. The number of hydrogen-bond acceptors (Lipinski definition) is 4. The fraction of sp³-hybridized carbons (Fsp3) is 0.190. The lowest BCUT2D eigenvalue weighted by atomic mass is 10.1. The number of aromatic nitrogens is 2. The van der Waals surface area contributed by atoms with Gasteiger partial charge in [-0.25, -0.2) is 4.68 Å². The zero-order chi connectivity index (χ0) is 20.4. The van der Waals surface area contributed by atoms with Crippen LogP contribution in [0.4, 0.5) is 5.69 Å². The van der Waals surface area contributed by atoms with Crippen molar-refractivity contribution >= 4 is 29.1 Å². The third-order valence-corrected chi connectivity index (χ3v) is 5.17. The number of nitrogens with zero attached hydrogens (tertiary/aromatic N) is 4. The lowest BCUT2D eigenvalue weighted by Crippen LogP contribution is -2.41. The van der Waals surface area contributed by atoms with Crippen LogP contribution in [0.5, 0.6) is 0 Å². The Bertz CT molecular complexity index is 1050. The highest BCUT2D eigenvalue weighted by atomic mass is 35.5. The minimum atomic E-state index is -0.353. The van der Waals surface area contributed by atoms with Gasteiger partial charge in [-0.15, -0.1) is 0 Å². The van der Waals surface area contributed by atoms with Crippen molar-refractivity contribution in [2.24, 2.45) is 0 Å². The fourth-order valence-electron chi connectivity index (χ4n) is 3.41. The Hall–Kier alpha value is -3.16. The number of amides is 2. The predicted octanol–water partition coefficient (Wildman–Crippen LogP) is 2.51. The lowest BCUT2D eigenvalue weighted by molar-refractivity contribution is -0.130. The highest BCUT2D eigenvalue weighted by Gasteiger charge is 2.30. The number of benzene rings is 2. The number of β-amino-alcohol motifs (C(OH)–C–C–N with tert-alkyl or cyclic N) is 1. The van der Waals surface area contributed by atoms with Crippen LogP contribution < -0.4 is 4.90 Å². The molecular formula is C21H19ClN4O3. The van der Waals surface area contributed by atoms with Crippen molar-refractivity contribution in [3.8, 4) is 5.69 Å². The van der Waals surface area contributed by atoms with Gasteiger partial charge in [-0.1, -0.05) is 29.8 Å². The van der Waals surface area contributed by atoms with E-state index in [-0.39, 0.29) is 36.5 Å². The average molecular weight is 411 g/mol. The Balaban J connectivity index is 1.70. The fourth-order valence-corrected chi connectivity index (χ4v) is 3.67. The standard InChI is InChI=1S/C21H19ClN4O3/c22-18-12-16(26-9-3-8-23-26)6-7-17(18)21(29)25-14-20(28)24(10-11-27)13-15-4-1-2-5-19(15)25/h1-9,12,27H,10-11,13-14H2. The maximum Gasteiger partial charge on any atom is 0.260 e. The zero-order valence-corrected chi connectivity index (χ0v) is 16.3. The van der Waals surface area contributed by atoms with E-state index >= 15 is 0 Å². The van der Waals surface area contributed by atoms with Crippen LogP contribution in [0.1, 0.15) is 15.9 Å². The van der Waals surface area contributed by atoms with Crippen molar-refractivity contribution in [1.29, 1.82) is 0 Å². The zero-order valence-electron chi connectivity index (χ0n) is 15.5. The highest BCUT2D eigenvalue weighted by molar-refractivity contribution is 6.35. The number of hydrogen-bond donors (Lipinski definition) is 1. The van der Waals surface area contributed by atoms with Gasteiger partial charge in [0.1, 0.15) is 6.54 Å². The normalized spacial score (nSPS) is 13.9. The maximum absolute atomic E-state index is 13.3. The molecule has 1 aromatic heterocycles. The Labute approximate surface area is 172 Å². The van der Waals surface area contributed by atoms with Crippen LogP contribution in [0.3, 0.4) is 0 Å². The number of carbonyl (C=O) groups is 2. The van der Waals surface area contributed by atoms with E-state index in [0.29, 0.717) is 17.8 Å². The van der Waals surface area contributed by atoms with Crippen molar-refractivity contribution in [2.45, 2.75) is 6.54 Å². The van der Waals surface area contributed by atoms with Crippen LogP contribution in [-0.4, -0.2) is 51.3 Å². The van der Waals surface area contributed by atoms with Gasteiger partial charge in [0.15, 0.2) is 0 Å². The molecule has 1 aliphatic heterocycles. The first-order chi connectivity index (χ1) is 14.1. The average Bonchev–Trinajstić information content (AvgIpc) is 3.22. The van der Waals surface area contributed by atoms with E-state index in [0.717, 1.165) is 11.3 Å². The second kappa shape index (κ2) is 8.06. The van der Waals surface area contributed by atoms with E-state index in [1.165, 1.54) is 4.90 Å². The number of anilines is 1. The van der Waals surface area contributed by atoms with Crippen molar-refractivity contribution in [3.05, 3.63) is 77.1 Å². The van der Waals surface area contributed by atoms with Gasteiger partial charge in [0.25, 0.3) is 5.91 Å². The summed E-state index contributed by atoms with van der Waals surface area (Å²) in [7, 11) is 0. The molecule has 148 valence electrons. The van der Waals surface area contributed by atoms with Crippen LogP contribution in [0.25, 0.3) is 5.69 Å². The van der Waals surface area contributed by atoms with Gasteiger partial charge in [-0.2, -0.15) is 5.10 Å². The first kappa shape index (κ1) is 19.2. The number of rotatable bonds is 4. The number of carbonyl (C=O) groups excluding carboxylic acids is 2. The first-order valence-electron chi connectivity index (χ1n) is 9.16. The summed E-state index contributed by atoms with van der Waals surface area (Å²) < 4.78 is 1.65. The van der Waals surface area contributed by atoms with Gasteiger partial charge in [0.2, 0.25) is 5.91 Å². The largest absolute Gasteiger partial charge is 0.395 e. The van der Waals surface area contributed by atoms with Crippen molar-refractivity contribution in [2.75, 3.05) is 24.6 Å². The van der Waals surface area contributed by atoms with Crippen LogP contribution in [-0.2, 0) is 11.3 Å². The second-order valence-electron chi connectivity index (χ2n) is 6.67. The molecular weight excluding hydrogens is 392 g/mol. The van der Waals surface area contributed by atoms with Crippen LogP contribution in [0.2, 0.25) is 5.02 Å². The van der Waals surface area contributed by atoms with Gasteiger partial charge in [-0.05, 0) is 35.9 Å². The molecule has 4 rings (SSSR count). The molecule has 7 nitrogen and oxygen atoms in total. The first-order valence-corrected chi connectivity index (χ1v) is 9.54. The van der Waals surface area contributed by atoms with Crippen molar-refractivity contribution in [3.63, 3.8) is 0 Å². The number of halogens is 1. The van der Waals surface area contributed by atoms with E-state index in [4.69, 9.17) is 11.6 Å². The summed E-state index contributed by atoms with van der Waals surface area (Å²) >= 11 is 6.43. The number of aliphatic hydroxyl groups is 1.